The minimum atomic E-state index is -4.39. The first-order chi connectivity index (χ1) is 8.52. The normalized spacial score (nSPS) is 20.0. The molecule has 2 rings (SSSR count). The molecule has 1 saturated heterocycles. The van der Waals surface area contributed by atoms with Crippen molar-refractivity contribution in [3.8, 4) is 0 Å². The van der Waals surface area contributed by atoms with E-state index in [4.69, 9.17) is 9.52 Å². The van der Waals surface area contributed by atoms with Gasteiger partial charge < -0.3 is 14.8 Å². The monoisotopic (exact) mass is 264 g/mol. The fourth-order valence-corrected chi connectivity index (χ4v) is 2.12. The summed E-state index contributed by atoms with van der Waals surface area (Å²) >= 11 is 0. The molecule has 102 valence electrons. The van der Waals surface area contributed by atoms with Gasteiger partial charge in [-0.2, -0.15) is 13.2 Å². The molecule has 7 heteroatoms. The van der Waals surface area contributed by atoms with E-state index in [1.165, 1.54) is 17.0 Å². The third-order valence-electron chi connectivity index (χ3n) is 2.93. The number of halogens is 3. The molecule has 2 N–H and O–H groups in total. The van der Waals surface area contributed by atoms with Crippen LogP contribution in [0.4, 0.5) is 13.2 Å². The second-order valence-corrected chi connectivity index (χ2v) is 4.19. The molecule has 0 radical (unpaired) electrons. The minimum Gasteiger partial charge on any atom is -0.462 e. The van der Waals surface area contributed by atoms with Gasteiger partial charge in [0.25, 0.3) is 0 Å². The summed E-state index contributed by atoms with van der Waals surface area (Å²) in [5, 5.41) is 11.9. The van der Waals surface area contributed by atoms with E-state index in [0.29, 0.717) is 26.2 Å². The Morgan fingerprint density at radius 2 is 2.00 bits per heavy atom. The second kappa shape index (κ2) is 5.29. The van der Waals surface area contributed by atoms with E-state index in [1.807, 2.05) is 0 Å². The number of aliphatic hydroxyl groups excluding tert-OH is 1. The van der Waals surface area contributed by atoms with Crippen LogP contribution in [0.2, 0.25) is 0 Å². The molecule has 1 atom stereocenters. The average molecular weight is 264 g/mol. The van der Waals surface area contributed by atoms with E-state index in [1.54, 1.807) is 0 Å². The maximum atomic E-state index is 13.1. The highest BCUT2D eigenvalue weighted by molar-refractivity contribution is 5.12. The molecule has 2 heterocycles. The maximum absolute atomic E-state index is 13.1. The predicted octanol–water partition coefficient (Wildman–Crippen LogP) is 1.28. The highest BCUT2D eigenvalue weighted by atomic mass is 19.4. The van der Waals surface area contributed by atoms with Gasteiger partial charge in [0.05, 0.1) is 0 Å². The van der Waals surface area contributed by atoms with Gasteiger partial charge in [-0.1, -0.05) is 0 Å². The van der Waals surface area contributed by atoms with Gasteiger partial charge in [0.2, 0.25) is 0 Å². The van der Waals surface area contributed by atoms with Crippen LogP contribution in [0.25, 0.3) is 0 Å². The van der Waals surface area contributed by atoms with Gasteiger partial charge in [0.1, 0.15) is 18.1 Å². The molecule has 1 aliphatic rings. The van der Waals surface area contributed by atoms with Crippen molar-refractivity contribution in [1.29, 1.82) is 0 Å². The number of piperazine rings is 1. The molecule has 0 aromatic carbocycles. The van der Waals surface area contributed by atoms with E-state index < -0.39 is 18.8 Å². The van der Waals surface area contributed by atoms with Crippen LogP contribution in [0, 0.1) is 0 Å². The maximum Gasteiger partial charge on any atom is 0.411 e. The molecule has 0 amide bonds. The number of nitrogens with one attached hydrogen (secondary N) is 1. The summed E-state index contributed by atoms with van der Waals surface area (Å²) in [6.45, 7) is 1.30. The topological polar surface area (TPSA) is 48.6 Å². The summed E-state index contributed by atoms with van der Waals surface area (Å²) in [6, 6.07) is 0.919. The van der Waals surface area contributed by atoms with Crippen molar-refractivity contribution in [2.75, 3.05) is 26.2 Å². The zero-order valence-corrected chi connectivity index (χ0v) is 9.70. The fraction of sp³-hybridized carbons (Fsp3) is 0.636. The first-order valence-electron chi connectivity index (χ1n) is 5.73. The van der Waals surface area contributed by atoms with Gasteiger partial charge in [-0.05, 0) is 12.1 Å². The van der Waals surface area contributed by atoms with Gasteiger partial charge in [-0.25, -0.2) is 0 Å². The van der Waals surface area contributed by atoms with E-state index in [-0.39, 0.29) is 11.5 Å². The van der Waals surface area contributed by atoms with Crippen molar-refractivity contribution in [2.24, 2.45) is 0 Å². The number of furan rings is 1. The van der Waals surface area contributed by atoms with Crippen LogP contribution in [-0.2, 0) is 6.61 Å². The molecule has 1 fully saturated rings. The highest BCUT2D eigenvalue weighted by Crippen LogP contribution is 2.38. The van der Waals surface area contributed by atoms with E-state index in [9.17, 15) is 13.2 Å². The summed E-state index contributed by atoms with van der Waals surface area (Å²) in [5.74, 6) is -0.0113. The molecule has 1 aromatic heterocycles. The molecule has 0 aliphatic carbocycles. The van der Waals surface area contributed by atoms with Crippen LogP contribution in [0.3, 0.4) is 0 Å². The Hall–Kier alpha value is -1.05. The number of nitrogens with zero attached hydrogens (tertiary/aromatic N) is 1. The van der Waals surface area contributed by atoms with Gasteiger partial charge >= 0.3 is 6.18 Å². The van der Waals surface area contributed by atoms with Crippen molar-refractivity contribution in [1.82, 2.24) is 10.2 Å². The van der Waals surface area contributed by atoms with Crippen LogP contribution >= 0.6 is 0 Å². The first kappa shape index (κ1) is 13.4. The molecule has 1 aromatic rings. The summed E-state index contributed by atoms with van der Waals surface area (Å²) in [4.78, 5) is 1.34. The molecule has 18 heavy (non-hydrogen) atoms. The summed E-state index contributed by atoms with van der Waals surface area (Å²) in [6.07, 6.45) is -4.39. The predicted molar refractivity (Wildman–Crippen MR) is 57.9 cm³/mol. The Bertz CT molecular complexity index is 386. The molecular formula is C11H15F3N2O2. The van der Waals surface area contributed by atoms with Crippen molar-refractivity contribution in [3.05, 3.63) is 23.7 Å². The standard InChI is InChI=1S/C11H15F3N2O2/c12-11(13,14)10(16-5-3-15-4-6-16)9-2-1-8(7-17)18-9/h1-2,10,15,17H,3-7H2/t10-/m1/s1. The lowest BCUT2D eigenvalue weighted by atomic mass is 10.1. The molecule has 0 bridgehead atoms. The fourth-order valence-electron chi connectivity index (χ4n) is 2.12. The number of alkyl halides is 3. The lowest BCUT2D eigenvalue weighted by molar-refractivity contribution is -0.192. The number of hydrogen-bond acceptors (Lipinski definition) is 4. The molecule has 1 aliphatic heterocycles. The average Bonchev–Trinajstić information content (AvgIpc) is 2.77. The van der Waals surface area contributed by atoms with Gasteiger partial charge in [-0.3, -0.25) is 4.90 Å². The summed E-state index contributed by atoms with van der Waals surface area (Å²) < 4.78 is 44.4. The molecular weight excluding hydrogens is 249 g/mol. The number of rotatable bonds is 3. The quantitative estimate of drug-likeness (QED) is 0.863. The van der Waals surface area contributed by atoms with E-state index >= 15 is 0 Å². The van der Waals surface area contributed by atoms with Gasteiger partial charge in [0, 0.05) is 26.2 Å². The Morgan fingerprint density at radius 1 is 1.33 bits per heavy atom. The van der Waals surface area contributed by atoms with Gasteiger partial charge in [-0.15, -0.1) is 0 Å². The SMILES string of the molecule is OCc1ccc([C@@H](N2CCNCC2)C(F)(F)F)o1. The van der Waals surface area contributed by atoms with Crippen molar-refractivity contribution < 1.29 is 22.7 Å². The summed E-state index contributed by atoms with van der Waals surface area (Å²) in [5.41, 5.74) is 0. The van der Waals surface area contributed by atoms with Crippen molar-refractivity contribution >= 4 is 0 Å². The second-order valence-electron chi connectivity index (χ2n) is 4.19. The lowest BCUT2D eigenvalue weighted by Gasteiger charge is -2.34. The lowest BCUT2D eigenvalue weighted by Crippen LogP contribution is -2.48. The first-order valence-corrected chi connectivity index (χ1v) is 5.73. The van der Waals surface area contributed by atoms with Crippen molar-refractivity contribution in [3.63, 3.8) is 0 Å². The Balaban J connectivity index is 2.24. The summed E-state index contributed by atoms with van der Waals surface area (Å²) in [7, 11) is 0. The molecule has 0 unspecified atom stereocenters. The Kier molecular flexibility index (Phi) is 3.94. The number of hydrogen-bond donors (Lipinski definition) is 2. The Morgan fingerprint density at radius 3 is 2.50 bits per heavy atom. The van der Waals surface area contributed by atoms with Gasteiger partial charge in [0.15, 0.2) is 6.04 Å². The van der Waals surface area contributed by atoms with Crippen LogP contribution < -0.4 is 5.32 Å². The largest absolute Gasteiger partial charge is 0.462 e. The zero-order valence-electron chi connectivity index (χ0n) is 9.70. The van der Waals surface area contributed by atoms with Crippen LogP contribution in [0.1, 0.15) is 17.6 Å². The third-order valence-corrected chi connectivity index (χ3v) is 2.93. The third kappa shape index (κ3) is 2.85. The molecule has 0 spiro atoms. The van der Waals surface area contributed by atoms with Crippen LogP contribution in [-0.4, -0.2) is 42.4 Å². The number of aliphatic hydroxyl groups is 1. The smallest absolute Gasteiger partial charge is 0.411 e. The molecule has 0 saturated carbocycles. The van der Waals surface area contributed by atoms with Crippen LogP contribution in [0.5, 0.6) is 0 Å². The van der Waals surface area contributed by atoms with E-state index in [0.717, 1.165) is 0 Å². The molecule has 4 nitrogen and oxygen atoms in total. The highest BCUT2D eigenvalue weighted by Gasteiger charge is 2.46. The van der Waals surface area contributed by atoms with Crippen molar-refractivity contribution in [2.45, 2.75) is 18.8 Å². The van der Waals surface area contributed by atoms with E-state index in [2.05, 4.69) is 5.32 Å². The Labute approximate surface area is 102 Å². The zero-order chi connectivity index (χ0) is 13.2. The minimum absolute atomic E-state index is 0.148. The van der Waals surface area contributed by atoms with Crippen LogP contribution in [0.15, 0.2) is 16.5 Å².